The number of carboxylic acid groups (broad SMARTS) is 1. The standard InChI is InChI=1S/C13H22N4O4/c1-7(2)10(14)11(18)15-8(3)12(19)17-6-4-5-9(16-17)13(20)21/h8-9,16H,4-6,14H2,1-3H3,(H,15,18)(H,20,21)/t8-,9-/m0/s1. The maximum Gasteiger partial charge on any atom is 0.322 e. The summed E-state index contributed by atoms with van der Waals surface area (Å²) >= 11 is 0. The van der Waals surface area contributed by atoms with Gasteiger partial charge in [-0.1, -0.05) is 0 Å². The van der Waals surface area contributed by atoms with Gasteiger partial charge in [0.15, 0.2) is 0 Å². The summed E-state index contributed by atoms with van der Waals surface area (Å²) in [7, 11) is 0. The molecule has 0 bridgehead atoms. The molecule has 0 aromatic heterocycles. The van der Waals surface area contributed by atoms with E-state index in [1.54, 1.807) is 13.8 Å². The molecule has 0 unspecified atom stereocenters. The first-order chi connectivity index (χ1) is 9.73. The summed E-state index contributed by atoms with van der Waals surface area (Å²) < 4.78 is 0. The maximum atomic E-state index is 12.2. The van der Waals surface area contributed by atoms with E-state index in [9.17, 15) is 14.4 Å². The molecule has 2 amide bonds. The highest BCUT2D eigenvalue weighted by atomic mass is 16.4. The van der Waals surface area contributed by atoms with Crippen LogP contribution in [0.5, 0.6) is 0 Å². The molecule has 118 valence electrons. The molecule has 8 heteroatoms. The van der Waals surface area contributed by atoms with Gasteiger partial charge in [0, 0.05) is 6.54 Å². The smallest absolute Gasteiger partial charge is 0.322 e. The van der Waals surface area contributed by atoms with Crippen LogP contribution in [0.4, 0.5) is 0 Å². The highest BCUT2D eigenvalue weighted by Gasteiger charge is 2.30. The van der Waals surface area contributed by atoms with Crippen LogP contribution in [0.1, 0.15) is 33.6 Å². The molecule has 2 atom stereocenters. The fourth-order valence-electron chi connectivity index (χ4n) is 1.92. The van der Waals surface area contributed by atoms with E-state index in [4.69, 9.17) is 10.8 Å². The monoisotopic (exact) mass is 298 g/mol. The second-order valence-electron chi connectivity index (χ2n) is 5.26. The molecule has 0 aromatic rings. The zero-order valence-corrected chi connectivity index (χ0v) is 12.5. The Morgan fingerprint density at radius 3 is 2.52 bits per heavy atom. The Hall–Kier alpha value is -2.09. The van der Waals surface area contributed by atoms with Crippen LogP contribution in [0.2, 0.25) is 0 Å². The van der Waals surface area contributed by atoms with Gasteiger partial charge in [-0.3, -0.25) is 19.4 Å². The van der Waals surface area contributed by atoms with Crippen LogP contribution in [0, 0.1) is 0 Å². The zero-order valence-electron chi connectivity index (χ0n) is 12.5. The minimum atomic E-state index is -1.00. The van der Waals surface area contributed by atoms with Gasteiger partial charge in [-0.05, 0) is 39.2 Å². The van der Waals surface area contributed by atoms with Crippen LogP contribution in [-0.2, 0) is 14.4 Å². The van der Waals surface area contributed by atoms with E-state index < -0.39 is 29.9 Å². The summed E-state index contributed by atoms with van der Waals surface area (Å²) in [4.78, 5) is 34.9. The molecule has 5 N–H and O–H groups in total. The number of carbonyl (C=O) groups is 3. The Labute approximate surface area is 123 Å². The van der Waals surface area contributed by atoms with Gasteiger partial charge in [0.25, 0.3) is 11.8 Å². The Balaban J connectivity index is 2.64. The van der Waals surface area contributed by atoms with Gasteiger partial charge >= 0.3 is 5.97 Å². The summed E-state index contributed by atoms with van der Waals surface area (Å²) in [6, 6.07) is -1.58. The van der Waals surface area contributed by atoms with E-state index in [0.717, 1.165) is 0 Å². The van der Waals surface area contributed by atoms with E-state index in [2.05, 4.69) is 10.7 Å². The number of rotatable bonds is 4. The van der Waals surface area contributed by atoms with Gasteiger partial charge in [0.1, 0.15) is 12.1 Å². The van der Waals surface area contributed by atoms with Crippen molar-refractivity contribution < 1.29 is 19.5 Å². The van der Waals surface area contributed by atoms with Crippen molar-refractivity contribution in [1.82, 2.24) is 15.8 Å². The number of hydrazine groups is 1. The molecule has 0 aromatic carbocycles. The average molecular weight is 298 g/mol. The van der Waals surface area contributed by atoms with Gasteiger partial charge in [0.2, 0.25) is 0 Å². The van der Waals surface area contributed by atoms with Crippen LogP contribution in [0.25, 0.3) is 0 Å². The number of carbonyl (C=O) groups excluding carboxylic acids is 2. The number of hydrogen-bond acceptors (Lipinski definition) is 5. The number of aliphatic carboxylic acids is 1. The Morgan fingerprint density at radius 1 is 1.38 bits per heavy atom. The molecule has 0 aliphatic carbocycles. The van der Waals surface area contributed by atoms with Crippen LogP contribution in [0.3, 0.4) is 0 Å². The second kappa shape index (κ2) is 7.07. The quantitative estimate of drug-likeness (QED) is 0.510. The van der Waals surface area contributed by atoms with E-state index in [1.807, 2.05) is 0 Å². The Bertz CT molecular complexity index is 471. The van der Waals surface area contributed by atoms with Crippen molar-refractivity contribution >= 4 is 17.8 Å². The first-order valence-corrected chi connectivity index (χ1v) is 6.78. The number of hydrogen-bond donors (Lipinski definition) is 4. The second-order valence-corrected chi connectivity index (χ2v) is 5.26. The summed E-state index contributed by atoms with van der Waals surface area (Å²) in [5.74, 6) is -1.91. The predicted molar refractivity (Wildman–Crippen MR) is 75.7 cm³/mol. The van der Waals surface area contributed by atoms with Gasteiger partial charge in [-0.2, -0.15) is 0 Å². The molecule has 8 nitrogen and oxygen atoms in total. The SMILES string of the molecule is CC(C)=C(N)C(=O)N[C@@H](C)C(=O)N1CCC[C@@H](C(=O)O)N1. The predicted octanol–water partition coefficient (Wildman–Crippen LogP) is -0.676. The molecule has 1 rings (SSSR count). The van der Waals surface area contributed by atoms with E-state index in [-0.39, 0.29) is 5.70 Å². The fraction of sp³-hybridized carbons (Fsp3) is 0.615. The van der Waals surface area contributed by atoms with E-state index in [0.29, 0.717) is 25.0 Å². The number of carboxylic acids is 1. The lowest BCUT2D eigenvalue weighted by Gasteiger charge is -2.33. The Morgan fingerprint density at radius 2 is 2.00 bits per heavy atom. The number of allylic oxidation sites excluding steroid dienone is 1. The molecule has 1 heterocycles. The zero-order chi connectivity index (χ0) is 16.2. The third-order valence-corrected chi connectivity index (χ3v) is 3.25. The highest BCUT2D eigenvalue weighted by molar-refractivity contribution is 5.96. The third-order valence-electron chi connectivity index (χ3n) is 3.25. The summed E-state index contributed by atoms with van der Waals surface area (Å²) in [5.41, 5.74) is 8.98. The Kier molecular flexibility index (Phi) is 5.71. The van der Waals surface area contributed by atoms with Crippen molar-refractivity contribution in [3.63, 3.8) is 0 Å². The molecular formula is C13H22N4O4. The molecule has 1 aliphatic heterocycles. The molecule has 0 spiro atoms. The number of nitrogens with one attached hydrogen (secondary N) is 2. The highest BCUT2D eigenvalue weighted by Crippen LogP contribution is 2.09. The molecule has 0 radical (unpaired) electrons. The number of nitrogens with zero attached hydrogens (tertiary/aromatic N) is 1. The minimum absolute atomic E-state index is 0.0738. The van der Waals surface area contributed by atoms with Crippen LogP contribution in [0.15, 0.2) is 11.3 Å². The molecule has 1 aliphatic rings. The normalized spacial score (nSPS) is 19.6. The summed E-state index contributed by atoms with van der Waals surface area (Å²) in [6.07, 6.45) is 1.05. The number of amides is 2. The molecule has 0 saturated carbocycles. The van der Waals surface area contributed by atoms with Gasteiger partial charge < -0.3 is 16.2 Å². The van der Waals surface area contributed by atoms with E-state index >= 15 is 0 Å². The molecular weight excluding hydrogens is 276 g/mol. The third kappa shape index (κ3) is 4.45. The van der Waals surface area contributed by atoms with Crippen molar-refractivity contribution in [3.8, 4) is 0 Å². The maximum absolute atomic E-state index is 12.2. The lowest BCUT2D eigenvalue weighted by atomic mass is 10.1. The topological polar surface area (TPSA) is 125 Å². The van der Waals surface area contributed by atoms with Gasteiger partial charge in [-0.15, -0.1) is 0 Å². The molecule has 1 fully saturated rings. The summed E-state index contributed by atoms with van der Waals surface area (Å²) in [6.45, 7) is 5.33. The van der Waals surface area contributed by atoms with Crippen LogP contribution >= 0.6 is 0 Å². The van der Waals surface area contributed by atoms with Crippen molar-refractivity contribution in [3.05, 3.63) is 11.3 Å². The fourth-order valence-corrected chi connectivity index (χ4v) is 1.92. The molecule has 1 saturated heterocycles. The molecule has 21 heavy (non-hydrogen) atoms. The van der Waals surface area contributed by atoms with Gasteiger partial charge in [0.05, 0.1) is 5.70 Å². The first kappa shape index (κ1) is 17.0. The average Bonchev–Trinajstić information content (AvgIpc) is 2.45. The largest absolute Gasteiger partial charge is 0.480 e. The lowest BCUT2D eigenvalue weighted by Crippen LogP contribution is -2.59. The lowest BCUT2D eigenvalue weighted by molar-refractivity contribution is -0.148. The van der Waals surface area contributed by atoms with Crippen LogP contribution < -0.4 is 16.5 Å². The van der Waals surface area contributed by atoms with Gasteiger partial charge in [-0.25, -0.2) is 5.43 Å². The summed E-state index contributed by atoms with van der Waals surface area (Å²) in [5, 5.41) is 12.7. The van der Waals surface area contributed by atoms with Crippen molar-refractivity contribution in [2.45, 2.75) is 45.7 Å². The van der Waals surface area contributed by atoms with Crippen molar-refractivity contribution in [2.75, 3.05) is 6.54 Å². The minimum Gasteiger partial charge on any atom is -0.480 e. The van der Waals surface area contributed by atoms with Crippen molar-refractivity contribution in [2.24, 2.45) is 5.73 Å². The van der Waals surface area contributed by atoms with Crippen LogP contribution in [-0.4, -0.2) is 46.5 Å². The van der Waals surface area contributed by atoms with Crippen molar-refractivity contribution in [1.29, 1.82) is 0 Å². The number of nitrogens with two attached hydrogens (primary N) is 1. The van der Waals surface area contributed by atoms with E-state index in [1.165, 1.54) is 11.9 Å². The first-order valence-electron chi connectivity index (χ1n) is 6.78.